The van der Waals surface area contributed by atoms with Gasteiger partial charge in [-0.2, -0.15) is 0 Å². The zero-order valence-electron chi connectivity index (χ0n) is 25.0. The van der Waals surface area contributed by atoms with E-state index in [2.05, 4.69) is 16.0 Å². The molecule has 234 valence electrons. The van der Waals surface area contributed by atoms with E-state index in [4.69, 9.17) is 9.47 Å². The molecular formula is C32H37N3O8S. The maximum absolute atomic E-state index is 13.6. The second-order valence-corrected chi connectivity index (χ2v) is 13.1. The Balaban J connectivity index is 1.78. The Kier molecular flexibility index (Phi) is 11.6. The number of benzene rings is 3. The number of alkyl carbamates (subject to hydrolysis) is 1. The molecule has 0 saturated heterocycles. The largest absolute Gasteiger partial charge is 0.444 e. The number of ether oxygens (including phenoxy) is 2. The van der Waals surface area contributed by atoms with Crippen LogP contribution in [0.5, 0.6) is 5.75 Å². The first-order valence-electron chi connectivity index (χ1n) is 13.9. The molecule has 3 rings (SSSR count). The smallest absolute Gasteiger partial charge is 0.408 e. The Morgan fingerprint density at radius 3 is 1.77 bits per heavy atom. The van der Waals surface area contributed by atoms with Crippen molar-refractivity contribution < 1.29 is 37.1 Å². The van der Waals surface area contributed by atoms with Gasteiger partial charge in [-0.15, -0.1) is 0 Å². The molecule has 0 spiro atoms. The lowest BCUT2D eigenvalue weighted by Crippen LogP contribution is -2.55. The second-order valence-electron chi connectivity index (χ2n) is 11.1. The third-order valence-corrected chi connectivity index (χ3v) is 7.21. The van der Waals surface area contributed by atoms with Gasteiger partial charge in [-0.25, -0.2) is 18.0 Å². The van der Waals surface area contributed by atoms with Gasteiger partial charge in [0.2, 0.25) is 11.8 Å². The molecule has 0 aliphatic heterocycles. The third kappa shape index (κ3) is 11.5. The molecule has 3 N–H and O–H groups in total. The number of hydrogen-bond donors (Lipinski definition) is 3. The van der Waals surface area contributed by atoms with E-state index in [-0.39, 0.29) is 23.5 Å². The van der Waals surface area contributed by atoms with Crippen molar-refractivity contribution in [1.29, 1.82) is 0 Å². The van der Waals surface area contributed by atoms with Crippen LogP contribution >= 0.6 is 0 Å². The van der Waals surface area contributed by atoms with Crippen LogP contribution in [0.3, 0.4) is 0 Å². The molecule has 11 nitrogen and oxygen atoms in total. The minimum Gasteiger partial charge on any atom is -0.444 e. The van der Waals surface area contributed by atoms with E-state index in [1.165, 1.54) is 24.3 Å². The van der Waals surface area contributed by atoms with Crippen molar-refractivity contribution >= 4 is 33.7 Å². The molecule has 0 aliphatic rings. The molecule has 0 heterocycles. The van der Waals surface area contributed by atoms with Crippen LogP contribution in [-0.2, 0) is 41.8 Å². The van der Waals surface area contributed by atoms with Crippen LogP contribution < -0.4 is 20.7 Å². The van der Waals surface area contributed by atoms with Crippen molar-refractivity contribution in [1.82, 2.24) is 16.0 Å². The predicted molar refractivity (Wildman–Crippen MR) is 164 cm³/mol. The van der Waals surface area contributed by atoms with Gasteiger partial charge in [-0.3, -0.25) is 9.59 Å². The summed E-state index contributed by atoms with van der Waals surface area (Å²) < 4.78 is 34.2. The van der Waals surface area contributed by atoms with Gasteiger partial charge in [0, 0.05) is 19.1 Å². The molecule has 3 aromatic carbocycles. The highest BCUT2D eigenvalue weighted by atomic mass is 32.2. The van der Waals surface area contributed by atoms with Crippen LogP contribution in [0.15, 0.2) is 89.8 Å². The average molecular weight is 624 g/mol. The topological polar surface area (TPSA) is 157 Å². The van der Waals surface area contributed by atoms with E-state index in [1.807, 2.05) is 12.1 Å². The molecule has 0 saturated carbocycles. The first-order valence-corrected chi connectivity index (χ1v) is 15.7. The lowest BCUT2D eigenvalue weighted by atomic mass is 10.0. The molecular weight excluding hydrogens is 586 g/mol. The standard InChI is InChI=1S/C32H37N3O8S/c1-32(2,3)43-31(39)33-21-28(36)34-26(19-22-11-7-5-8-12-22)29(37)35-27(20-23-13-9-6-10-14-23)30(38)42-24-15-17-25(18-16-24)44(4,40)41/h5-18,26-27H,19-21H2,1-4H3,(H,33,39)(H,34,36)(H,35,37)/t26-,27-/m0/s1. The van der Waals surface area contributed by atoms with Crippen molar-refractivity contribution in [2.75, 3.05) is 12.8 Å². The van der Waals surface area contributed by atoms with E-state index in [0.29, 0.717) is 0 Å². The Morgan fingerprint density at radius 1 is 0.750 bits per heavy atom. The summed E-state index contributed by atoms with van der Waals surface area (Å²) in [6, 6.07) is 21.0. The van der Waals surface area contributed by atoms with Gasteiger partial charge in [0.25, 0.3) is 0 Å². The van der Waals surface area contributed by atoms with Gasteiger partial charge in [0.1, 0.15) is 30.0 Å². The highest BCUT2D eigenvalue weighted by Crippen LogP contribution is 2.17. The molecule has 2 atom stereocenters. The van der Waals surface area contributed by atoms with Crippen molar-refractivity contribution in [3.05, 3.63) is 96.1 Å². The first kappa shape index (κ1) is 33.8. The Bertz CT molecular complexity index is 1540. The minimum absolute atomic E-state index is 0.0621. The summed E-state index contributed by atoms with van der Waals surface area (Å²) in [6.07, 6.45) is 0.466. The van der Waals surface area contributed by atoms with Gasteiger partial charge in [0.05, 0.1) is 4.90 Å². The second kappa shape index (κ2) is 15.1. The zero-order chi connectivity index (χ0) is 32.3. The van der Waals surface area contributed by atoms with E-state index in [0.717, 1.165) is 17.4 Å². The third-order valence-electron chi connectivity index (χ3n) is 6.08. The maximum Gasteiger partial charge on any atom is 0.408 e. The van der Waals surface area contributed by atoms with Gasteiger partial charge >= 0.3 is 12.1 Å². The fourth-order valence-corrected chi connectivity index (χ4v) is 4.66. The van der Waals surface area contributed by atoms with Crippen molar-refractivity contribution in [2.45, 2.75) is 56.2 Å². The van der Waals surface area contributed by atoms with Crippen LogP contribution in [0.4, 0.5) is 4.79 Å². The van der Waals surface area contributed by atoms with Gasteiger partial charge in [0.15, 0.2) is 9.84 Å². The van der Waals surface area contributed by atoms with Gasteiger partial charge in [-0.1, -0.05) is 60.7 Å². The van der Waals surface area contributed by atoms with Gasteiger partial charge in [-0.05, 0) is 56.2 Å². The molecule has 0 unspecified atom stereocenters. The number of nitrogens with one attached hydrogen (secondary N) is 3. The molecule has 0 aliphatic carbocycles. The molecule has 0 radical (unpaired) electrons. The van der Waals surface area contributed by atoms with Crippen molar-refractivity contribution in [3.8, 4) is 5.75 Å². The first-order chi connectivity index (χ1) is 20.7. The highest BCUT2D eigenvalue weighted by Gasteiger charge is 2.29. The van der Waals surface area contributed by atoms with E-state index < -0.39 is 57.9 Å². The maximum atomic E-state index is 13.6. The quantitative estimate of drug-likeness (QED) is 0.205. The molecule has 0 fully saturated rings. The van der Waals surface area contributed by atoms with E-state index in [1.54, 1.807) is 69.3 Å². The Morgan fingerprint density at radius 2 is 1.27 bits per heavy atom. The van der Waals surface area contributed by atoms with Crippen LogP contribution in [0.2, 0.25) is 0 Å². The zero-order valence-corrected chi connectivity index (χ0v) is 25.8. The number of sulfone groups is 1. The van der Waals surface area contributed by atoms with E-state index >= 15 is 0 Å². The summed E-state index contributed by atoms with van der Waals surface area (Å²) in [4.78, 5) is 51.8. The highest BCUT2D eigenvalue weighted by molar-refractivity contribution is 7.90. The number of esters is 1. The van der Waals surface area contributed by atoms with Crippen molar-refractivity contribution in [3.63, 3.8) is 0 Å². The molecule has 3 aromatic rings. The molecule has 0 aromatic heterocycles. The van der Waals surface area contributed by atoms with Crippen LogP contribution in [0.25, 0.3) is 0 Å². The van der Waals surface area contributed by atoms with Crippen molar-refractivity contribution in [2.24, 2.45) is 0 Å². The fraction of sp³-hybridized carbons (Fsp3) is 0.312. The predicted octanol–water partition coefficient (Wildman–Crippen LogP) is 2.98. The fourth-order valence-electron chi connectivity index (χ4n) is 4.03. The molecule has 0 bridgehead atoms. The van der Waals surface area contributed by atoms with Crippen LogP contribution in [-0.4, -0.2) is 62.8 Å². The molecule has 3 amide bonds. The Hall–Kier alpha value is -4.71. The number of amides is 3. The summed E-state index contributed by atoms with van der Waals surface area (Å²) >= 11 is 0. The molecule has 44 heavy (non-hydrogen) atoms. The molecule has 12 heteroatoms. The summed E-state index contributed by atoms with van der Waals surface area (Å²) in [5, 5.41) is 7.70. The van der Waals surface area contributed by atoms with Crippen LogP contribution in [0.1, 0.15) is 31.9 Å². The SMILES string of the molecule is CC(C)(C)OC(=O)NCC(=O)N[C@@H](Cc1ccccc1)C(=O)N[C@@H](Cc1ccccc1)C(=O)Oc1ccc(S(C)(=O)=O)cc1. The summed E-state index contributed by atoms with van der Waals surface area (Å²) in [5.74, 6) is -1.98. The minimum atomic E-state index is -3.45. The Labute approximate surface area is 257 Å². The summed E-state index contributed by atoms with van der Waals surface area (Å²) in [6.45, 7) is 4.63. The monoisotopic (exact) mass is 623 g/mol. The van der Waals surface area contributed by atoms with E-state index in [9.17, 15) is 27.6 Å². The normalized spacial score (nSPS) is 12.7. The number of carbonyl (C=O) groups excluding carboxylic acids is 4. The summed E-state index contributed by atoms with van der Waals surface area (Å²) in [5.41, 5.74) is 0.739. The summed E-state index contributed by atoms with van der Waals surface area (Å²) in [7, 11) is -3.45. The average Bonchev–Trinajstić information content (AvgIpc) is 2.95. The number of rotatable bonds is 12. The lowest BCUT2D eigenvalue weighted by Gasteiger charge is -2.23. The lowest BCUT2D eigenvalue weighted by molar-refractivity contribution is -0.140. The van der Waals surface area contributed by atoms with Gasteiger partial charge < -0.3 is 25.4 Å². The number of carbonyl (C=O) groups is 4. The number of hydrogen-bond acceptors (Lipinski definition) is 8. The van der Waals surface area contributed by atoms with Crippen LogP contribution in [0, 0.1) is 0 Å².